The molecule has 0 unspecified atom stereocenters. The molecular formula is C13H20N2O2. The molecule has 0 aliphatic carbocycles. The summed E-state index contributed by atoms with van der Waals surface area (Å²) in [7, 11) is 0. The second-order valence-electron chi connectivity index (χ2n) is 5.10. The lowest BCUT2D eigenvalue weighted by Crippen LogP contribution is -2.42. The van der Waals surface area contributed by atoms with Gasteiger partial charge in [0, 0.05) is 13.1 Å². The minimum Gasteiger partial charge on any atom is -0.390 e. The first-order valence-electron chi connectivity index (χ1n) is 6.09. The van der Waals surface area contributed by atoms with Crippen LogP contribution in [0, 0.1) is 0 Å². The van der Waals surface area contributed by atoms with Crippen molar-refractivity contribution in [2.24, 2.45) is 0 Å². The number of aliphatic hydroxyl groups is 2. The number of hydrogen-bond donors (Lipinski definition) is 2. The van der Waals surface area contributed by atoms with Gasteiger partial charge >= 0.3 is 0 Å². The molecule has 2 rings (SSSR count). The lowest BCUT2D eigenvalue weighted by atomic mass is 9.93. The van der Waals surface area contributed by atoms with Crippen LogP contribution in [0.25, 0.3) is 0 Å². The summed E-state index contributed by atoms with van der Waals surface area (Å²) < 4.78 is 0. The van der Waals surface area contributed by atoms with Crippen molar-refractivity contribution in [3.8, 4) is 0 Å². The van der Waals surface area contributed by atoms with E-state index >= 15 is 0 Å². The molecule has 0 amide bonds. The zero-order valence-electron chi connectivity index (χ0n) is 10.4. The maximum absolute atomic E-state index is 9.88. The van der Waals surface area contributed by atoms with Crippen molar-refractivity contribution in [3.63, 3.8) is 0 Å². The van der Waals surface area contributed by atoms with Gasteiger partial charge in [-0.1, -0.05) is 0 Å². The molecule has 1 aromatic rings. The van der Waals surface area contributed by atoms with E-state index in [9.17, 15) is 10.2 Å². The number of aliphatic hydroxyl groups excluding tert-OH is 1. The fraction of sp³-hybridized carbons (Fsp3) is 0.615. The van der Waals surface area contributed by atoms with Gasteiger partial charge in [-0.3, -0.25) is 4.98 Å². The molecule has 0 bridgehead atoms. The summed E-state index contributed by atoms with van der Waals surface area (Å²) in [6.07, 6.45) is 2.84. The van der Waals surface area contributed by atoms with Crippen LogP contribution in [0.5, 0.6) is 0 Å². The van der Waals surface area contributed by atoms with Crippen molar-refractivity contribution < 1.29 is 10.2 Å². The van der Waals surface area contributed by atoms with E-state index in [0.717, 1.165) is 31.6 Å². The predicted octanol–water partition coefficient (Wildman–Crippen LogP) is 1.49. The normalized spacial score (nSPS) is 21.3. The van der Waals surface area contributed by atoms with Gasteiger partial charge in [0.15, 0.2) is 0 Å². The molecule has 0 aromatic carbocycles. The molecule has 94 valence electrons. The Hall–Kier alpha value is -1.13. The fourth-order valence-corrected chi connectivity index (χ4v) is 2.08. The zero-order valence-corrected chi connectivity index (χ0v) is 10.4. The number of rotatable bonds is 2. The second-order valence-corrected chi connectivity index (χ2v) is 5.10. The topological polar surface area (TPSA) is 56.6 Å². The number of pyridine rings is 1. The van der Waals surface area contributed by atoms with Gasteiger partial charge < -0.3 is 15.1 Å². The van der Waals surface area contributed by atoms with Crippen LogP contribution in [0.2, 0.25) is 0 Å². The minimum atomic E-state index is -0.524. The molecule has 1 aliphatic heterocycles. The first-order chi connectivity index (χ1) is 7.98. The SMILES string of the molecule is C[C@H](O)c1ccc(N2CCC(C)(O)CC2)cn1. The van der Waals surface area contributed by atoms with Gasteiger partial charge in [-0.05, 0) is 38.8 Å². The molecule has 2 N–H and O–H groups in total. The van der Waals surface area contributed by atoms with Crippen LogP contribution >= 0.6 is 0 Å². The van der Waals surface area contributed by atoms with Crippen LogP contribution in [0.15, 0.2) is 18.3 Å². The van der Waals surface area contributed by atoms with Gasteiger partial charge in [-0.25, -0.2) is 0 Å². The molecule has 1 fully saturated rings. The standard InChI is InChI=1S/C13H20N2O2/c1-10(16)12-4-3-11(9-14-12)15-7-5-13(2,17)6-8-15/h3-4,9-10,16-17H,5-8H2,1-2H3/t10-/m0/s1. The Morgan fingerprint density at radius 3 is 2.47 bits per heavy atom. The largest absolute Gasteiger partial charge is 0.390 e. The molecule has 1 aromatic heterocycles. The molecule has 0 saturated carbocycles. The van der Waals surface area contributed by atoms with Crippen LogP contribution in [0.3, 0.4) is 0 Å². The van der Waals surface area contributed by atoms with Crippen molar-refractivity contribution in [2.45, 2.75) is 38.4 Å². The van der Waals surface area contributed by atoms with E-state index in [1.54, 1.807) is 13.1 Å². The van der Waals surface area contributed by atoms with Gasteiger partial charge in [0.2, 0.25) is 0 Å². The fourth-order valence-electron chi connectivity index (χ4n) is 2.08. The summed E-state index contributed by atoms with van der Waals surface area (Å²) >= 11 is 0. The third kappa shape index (κ3) is 2.96. The Balaban J connectivity index is 2.04. The molecule has 17 heavy (non-hydrogen) atoms. The number of aromatic nitrogens is 1. The highest BCUT2D eigenvalue weighted by atomic mass is 16.3. The van der Waals surface area contributed by atoms with E-state index in [4.69, 9.17) is 0 Å². The number of piperidine rings is 1. The summed E-state index contributed by atoms with van der Waals surface area (Å²) in [5.41, 5.74) is 1.23. The summed E-state index contributed by atoms with van der Waals surface area (Å²) in [6, 6.07) is 3.84. The Kier molecular flexibility index (Phi) is 3.35. The Morgan fingerprint density at radius 1 is 1.35 bits per heavy atom. The van der Waals surface area contributed by atoms with E-state index in [1.165, 1.54) is 0 Å². The van der Waals surface area contributed by atoms with E-state index in [-0.39, 0.29) is 0 Å². The molecule has 4 nitrogen and oxygen atoms in total. The van der Waals surface area contributed by atoms with Crippen LogP contribution in [0.4, 0.5) is 5.69 Å². The first-order valence-corrected chi connectivity index (χ1v) is 6.09. The molecule has 0 spiro atoms. The van der Waals surface area contributed by atoms with Crippen LogP contribution in [-0.2, 0) is 0 Å². The van der Waals surface area contributed by atoms with Crippen molar-refractivity contribution in [1.29, 1.82) is 0 Å². The molecule has 1 saturated heterocycles. The zero-order chi connectivity index (χ0) is 12.5. The van der Waals surface area contributed by atoms with E-state index < -0.39 is 11.7 Å². The van der Waals surface area contributed by atoms with Gasteiger partial charge in [0.25, 0.3) is 0 Å². The average Bonchev–Trinajstić information content (AvgIpc) is 2.29. The Bertz CT molecular complexity index is 364. The molecule has 4 heteroatoms. The lowest BCUT2D eigenvalue weighted by molar-refractivity contribution is 0.0351. The lowest BCUT2D eigenvalue weighted by Gasteiger charge is -2.37. The Morgan fingerprint density at radius 2 is 2.00 bits per heavy atom. The monoisotopic (exact) mass is 236 g/mol. The minimum absolute atomic E-state index is 0.522. The summed E-state index contributed by atoms with van der Waals surface area (Å²) in [5.74, 6) is 0. The first kappa shape index (κ1) is 12.3. The highest BCUT2D eigenvalue weighted by Gasteiger charge is 2.27. The van der Waals surface area contributed by atoms with E-state index in [2.05, 4.69) is 9.88 Å². The van der Waals surface area contributed by atoms with Crippen molar-refractivity contribution in [2.75, 3.05) is 18.0 Å². The summed E-state index contributed by atoms with van der Waals surface area (Å²) in [5, 5.41) is 19.3. The maximum Gasteiger partial charge on any atom is 0.0931 e. The van der Waals surface area contributed by atoms with Crippen molar-refractivity contribution >= 4 is 5.69 Å². The Labute approximate surface area is 102 Å². The third-order valence-electron chi connectivity index (χ3n) is 3.40. The molecule has 2 heterocycles. The average molecular weight is 236 g/mol. The number of nitrogens with zero attached hydrogens (tertiary/aromatic N) is 2. The predicted molar refractivity (Wildman–Crippen MR) is 66.9 cm³/mol. The number of hydrogen-bond acceptors (Lipinski definition) is 4. The van der Waals surface area contributed by atoms with Crippen LogP contribution in [-0.4, -0.2) is 33.9 Å². The van der Waals surface area contributed by atoms with Gasteiger partial charge in [-0.15, -0.1) is 0 Å². The van der Waals surface area contributed by atoms with E-state index in [0.29, 0.717) is 5.69 Å². The third-order valence-corrected chi connectivity index (χ3v) is 3.40. The van der Waals surface area contributed by atoms with Gasteiger partial charge in [0.05, 0.1) is 29.3 Å². The highest BCUT2D eigenvalue weighted by Crippen LogP contribution is 2.25. The second kappa shape index (κ2) is 4.63. The molecular weight excluding hydrogens is 216 g/mol. The quantitative estimate of drug-likeness (QED) is 0.816. The number of anilines is 1. The summed E-state index contributed by atoms with van der Waals surface area (Å²) in [4.78, 5) is 6.45. The molecule has 0 radical (unpaired) electrons. The van der Waals surface area contributed by atoms with Crippen molar-refractivity contribution in [1.82, 2.24) is 4.98 Å². The smallest absolute Gasteiger partial charge is 0.0931 e. The summed E-state index contributed by atoms with van der Waals surface area (Å²) in [6.45, 7) is 5.30. The van der Waals surface area contributed by atoms with E-state index in [1.807, 2.05) is 19.1 Å². The van der Waals surface area contributed by atoms with Crippen molar-refractivity contribution in [3.05, 3.63) is 24.0 Å². The molecule has 1 aliphatic rings. The van der Waals surface area contributed by atoms with Gasteiger partial charge in [-0.2, -0.15) is 0 Å². The van der Waals surface area contributed by atoms with Gasteiger partial charge in [0.1, 0.15) is 0 Å². The van der Waals surface area contributed by atoms with Crippen LogP contribution < -0.4 is 4.90 Å². The highest BCUT2D eigenvalue weighted by molar-refractivity contribution is 5.45. The maximum atomic E-state index is 9.88. The molecule has 1 atom stereocenters. The van der Waals surface area contributed by atoms with Crippen LogP contribution in [0.1, 0.15) is 38.5 Å².